The minimum absolute atomic E-state index is 0.0609. The number of aliphatic hydroxyl groups is 1. The molecule has 0 aromatic carbocycles. The SMILES string of the molecule is CCNC(C)c1nnc(N2CCCCCC2CO)o1. The van der Waals surface area contributed by atoms with Crippen molar-refractivity contribution < 1.29 is 9.52 Å². The molecule has 0 spiro atoms. The van der Waals surface area contributed by atoms with Gasteiger partial charge in [0.25, 0.3) is 0 Å². The van der Waals surface area contributed by atoms with Gasteiger partial charge in [0.05, 0.1) is 18.7 Å². The quantitative estimate of drug-likeness (QED) is 0.842. The average Bonchev–Trinajstić information content (AvgIpc) is 2.78. The third-order valence-electron chi connectivity index (χ3n) is 3.64. The Bertz CT molecular complexity index is 382. The Labute approximate surface area is 114 Å². The van der Waals surface area contributed by atoms with E-state index in [1.807, 2.05) is 13.8 Å². The van der Waals surface area contributed by atoms with Crippen molar-refractivity contribution in [1.29, 1.82) is 0 Å². The van der Waals surface area contributed by atoms with Crippen LogP contribution in [0.2, 0.25) is 0 Å². The first kappa shape index (κ1) is 14.3. The zero-order valence-electron chi connectivity index (χ0n) is 11.8. The van der Waals surface area contributed by atoms with Crippen LogP contribution in [-0.2, 0) is 0 Å². The second-order valence-corrected chi connectivity index (χ2v) is 5.08. The van der Waals surface area contributed by atoms with Crippen LogP contribution in [0, 0.1) is 0 Å². The van der Waals surface area contributed by atoms with Gasteiger partial charge in [0.1, 0.15) is 0 Å². The normalized spacial score (nSPS) is 22.3. The van der Waals surface area contributed by atoms with Crippen molar-refractivity contribution in [1.82, 2.24) is 15.5 Å². The van der Waals surface area contributed by atoms with Gasteiger partial charge in [-0.05, 0) is 26.3 Å². The number of hydrogen-bond acceptors (Lipinski definition) is 6. The van der Waals surface area contributed by atoms with Gasteiger partial charge in [-0.2, -0.15) is 0 Å². The number of rotatable bonds is 5. The molecule has 1 aliphatic heterocycles. The standard InChI is InChI=1S/C13H24N4O2/c1-3-14-10(2)12-15-16-13(19-12)17-8-6-4-5-7-11(17)9-18/h10-11,14,18H,3-9H2,1-2H3. The van der Waals surface area contributed by atoms with Crippen LogP contribution in [0.3, 0.4) is 0 Å². The van der Waals surface area contributed by atoms with Crippen LogP contribution < -0.4 is 10.2 Å². The summed E-state index contributed by atoms with van der Waals surface area (Å²) < 4.78 is 5.76. The average molecular weight is 268 g/mol. The monoisotopic (exact) mass is 268 g/mol. The van der Waals surface area contributed by atoms with Crippen molar-refractivity contribution in [3.63, 3.8) is 0 Å². The summed E-state index contributed by atoms with van der Waals surface area (Å²) in [5, 5.41) is 21.0. The van der Waals surface area contributed by atoms with Gasteiger partial charge < -0.3 is 19.7 Å². The maximum Gasteiger partial charge on any atom is 0.318 e. The predicted octanol–water partition coefficient (Wildman–Crippen LogP) is 1.48. The first-order chi connectivity index (χ1) is 9.26. The molecular formula is C13H24N4O2. The van der Waals surface area contributed by atoms with Crippen LogP contribution in [0.25, 0.3) is 0 Å². The fraction of sp³-hybridized carbons (Fsp3) is 0.846. The lowest BCUT2D eigenvalue weighted by molar-refractivity contribution is 0.250. The molecule has 2 unspecified atom stereocenters. The van der Waals surface area contributed by atoms with Gasteiger partial charge in [0, 0.05) is 6.54 Å². The molecular weight excluding hydrogens is 244 g/mol. The molecule has 108 valence electrons. The van der Waals surface area contributed by atoms with Crippen molar-refractivity contribution in [2.45, 2.75) is 51.6 Å². The van der Waals surface area contributed by atoms with Gasteiger partial charge in [-0.3, -0.25) is 0 Å². The van der Waals surface area contributed by atoms with Gasteiger partial charge in [-0.1, -0.05) is 24.9 Å². The minimum atomic E-state index is 0.0609. The molecule has 0 amide bonds. The van der Waals surface area contributed by atoms with Gasteiger partial charge in [0.2, 0.25) is 5.89 Å². The van der Waals surface area contributed by atoms with Crippen LogP contribution in [0.15, 0.2) is 4.42 Å². The minimum Gasteiger partial charge on any atom is -0.406 e. The van der Waals surface area contributed by atoms with E-state index in [9.17, 15) is 5.11 Å². The summed E-state index contributed by atoms with van der Waals surface area (Å²) in [6, 6.07) is 0.705. The summed E-state index contributed by atoms with van der Waals surface area (Å²) in [5.41, 5.74) is 0. The summed E-state index contributed by atoms with van der Waals surface area (Å²) in [7, 11) is 0. The number of hydrogen-bond donors (Lipinski definition) is 2. The molecule has 1 aromatic rings. The van der Waals surface area contributed by atoms with Crippen LogP contribution in [-0.4, -0.2) is 41.0 Å². The molecule has 0 aliphatic carbocycles. The second-order valence-electron chi connectivity index (χ2n) is 5.08. The van der Waals surface area contributed by atoms with E-state index in [1.54, 1.807) is 0 Å². The van der Waals surface area contributed by atoms with E-state index in [0.717, 1.165) is 32.4 Å². The number of aromatic nitrogens is 2. The fourth-order valence-electron chi connectivity index (χ4n) is 2.53. The molecule has 2 N–H and O–H groups in total. The van der Waals surface area contributed by atoms with Crippen LogP contribution in [0.5, 0.6) is 0 Å². The van der Waals surface area contributed by atoms with E-state index < -0.39 is 0 Å². The molecule has 0 bridgehead atoms. The van der Waals surface area contributed by atoms with Gasteiger partial charge >= 0.3 is 6.01 Å². The number of nitrogens with zero attached hydrogens (tertiary/aromatic N) is 3. The summed E-state index contributed by atoms with van der Waals surface area (Å²) in [6.45, 7) is 5.93. The lowest BCUT2D eigenvalue weighted by atomic mass is 10.1. The molecule has 6 heteroatoms. The van der Waals surface area contributed by atoms with E-state index in [0.29, 0.717) is 11.9 Å². The third-order valence-corrected chi connectivity index (χ3v) is 3.64. The first-order valence-electron chi connectivity index (χ1n) is 7.20. The molecule has 1 saturated heterocycles. The van der Waals surface area contributed by atoms with Crippen molar-refractivity contribution in [2.24, 2.45) is 0 Å². The lowest BCUT2D eigenvalue weighted by Crippen LogP contribution is -2.37. The molecule has 0 radical (unpaired) electrons. The van der Waals surface area contributed by atoms with E-state index in [1.165, 1.54) is 6.42 Å². The Morgan fingerprint density at radius 3 is 3.00 bits per heavy atom. The second kappa shape index (κ2) is 6.86. The van der Waals surface area contributed by atoms with Crippen LogP contribution in [0.1, 0.15) is 51.5 Å². The summed E-state index contributed by atoms with van der Waals surface area (Å²) in [4.78, 5) is 2.06. The van der Waals surface area contributed by atoms with Crippen molar-refractivity contribution >= 4 is 6.01 Å². The summed E-state index contributed by atoms with van der Waals surface area (Å²) >= 11 is 0. The topological polar surface area (TPSA) is 74.4 Å². The highest BCUT2D eigenvalue weighted by molar-refractivity contribution is 5.27. The maximum absolute atomic E-state index is 9.50. The highest BCUT2D eigenvalue weighted by atomic mass is 16.4. The van der Waals surface area contributed by atoms with E-state index >= 15 is 0 Å². The zero-order valence-corrected chi connectivity index (χ0v) is 11.8. The largest absolute Gasteiger partial charge is 0.406 e. The Morgan fingerprint density at radius 1 is 1.42 bits per heavy atom. The van der Waals surface area contributed by atoms with E-state index in [-0.39, 0.29) is 18.7 Å². The highest BCUT2D eigenvalue weighted by Gasteiger charge is 2.25. The Morgan fingerprint density at radius 2 is 2.26 bits per heavy atom. The number of aliphatic hydroxyl groups excluding tert-OH is 1. The highest BCUT2D eigenvalue weighted by Crippen LogP contribution is 2.24. The lowest BCUT2D eigenvalue weighted by Gasteiger charge is -2.26. The van der Waals surface area contributed by atoms with Crippen molar-refractivity contribution in [2.75, 3.05) is 24.6 Å². The zero-order chi connectivity index (χ0) is 13.7. The molecule has 6 nitrogen and oxygen atoms in total. The molecule has 1 aromatic heterocycles. The summed E-state index contributed by atoms with van der Waals surface area (Å²) in [5.74, 6) is 0.609. The molecule has 2 heterocycles. The van der Waals surface area contributed by atoms with Crippen molar-refractivity contribution in [3.05, 3.63) is 5.89 Å². The third kappa shape index (κ3) is 3.45. The van der Waals surface area contributed by atoms with E-state index in [2.05, 4.69) is 20.4 Å². The number of nitrogens with one attached hydrogen (secondary N) is 1. The first-order valence-corrected chi connectivity index (χ1v) is 7.20. The van der Waals surface area contributed by atoms with Crippen LogP contribution in [0.4, 0.5) is 6.01 Å². The predicted molar refractivity (Wildman–Crippen MR) is 73.1 cm³/mol. The summed E-state index contributed by atoms with van der Waals surface area (Å²) in [6.07, 6.45) is 4.44. The van der Waals surface area contributed by atoms with Gasteiger partial charge in [-0.25, -0.2) is 0 Å². The molecule has 2 rings (SSSR count). The molecule has 1 aliphatic rings. The Kier molecular flexibility index (Phi) is 5.15. The Balaban J connectivity index is 2.10. The maximum atomic E-state index is 9.50. The molecule has 0 saturated carbocycles. The van der Waals surface area contributed by atoms with E-state index in [4.69, 9.17) is 4.42 Å². The van der Waals surface area contributed by atoms with Crippen molar-refractivity contribution in [3.8, 4) is 0 Å². The molecule has 1 fully saturated rings. The van der Waals surface area contributed by atoms with Gasteiger partial charge in [0.15, 0.2) is 0 Å². The van der Waals surface area contributed by atoms with Gasteiger partial charge in [-0.15, -0.1) is 5.10 Å². The molecule has 2 atom stereocenters. The fourth-order valence-corrected chi connectivity index (χ4v) is 2.53. The smallest absolute Gasteiger partial charge is 0.318 e. The molecule has 19 heavy (non-hydrogen) atoms. The van der Waals surface area contributed by atoms with Crippen LogP contribution >= 0.6 is 0 Å². The Hall–Kier alpha value is -1.14. The number of anilines is 1.